The Morgan fingerprint density at radius 2 is 2.29 bits per heavy atom. The summed E-state index contributed by atoms with van der Waals surface area (Å²) in [5.74, 6) is 0.973. The fourth-order valence-electron chi connectivity index (χ4n) is 1.71. The van der Waals surface area contributed by atoms with E-state index < -0.39 is 0 Å². The molecule has 0 aliphatic heterocycles. The molecular formula is C11H16N2O. The number of pyridine rings is 1. The minimum Gasteiger partial charge on any atom is -0.390 e. The van der Waals surface area contributed by atoms with Crippen molar-refractivity contribution >= 4 is 5.82 Å². The Balaban J connectivity index is 2.13. The zero-order chi connectivity index (χ0) is 9.97. The van der Waals surface area contributed by atoms with E-state index in [9.17, 15) is 0 Å². The van der Waals surface area contributed by atoms with Gasteiger partial charge in [0.15, 0.2) is 0 Å². The Morgan fingerprint density at radius 1 is 1.50 bits per heavy atom. The van der Waals surface area contributed by atoms with Crippen molar-refractivity contribution in [2.75, 3.05) is 11.9 Å². The average molecular weight is 192 g/mol. The first kappa shape index (κ1) is 9.46. The molecule has 1 heterocycles. The van der Waals surface area contributed by atoms with Gasteiger partial charge in [-0.3, -0.25) is 0 Å². The maximum absolute atomic E-state index is 8.97. The maximum Gasteiger partial charge on any atom is 0.128 e. The van der Waals surface area contributed by atoms with Crippen molar-refractivity contribution < 1.29 is 5.11 Å². The summed E-state index contributed by atoms with van der Waals surface area (Å²) in [4.78, 5) is 6.58. The summed E-state index contributed by atoms with van der Waals surface area (Å²) in [6.45, 7) is 0.0202. The minimum atomic E-state index is 0.0202. The standard InChI is InChI=1S/C11H16N2O/c1-13(10-5-3-6-10)11-7-2-4-9(8-14)12-11/h2,4,7,10,14H,3,5-6,8H2,1H3. The van der Waals surface area contributed by atoms with Crippen LogP contribution in [0.1, 0.15) is 25.0 Å². The van der Waals surface area contributed by atoms with Gasteiger partial charge in [-0.15, -0.1) is 0 Å². The van der Waals surface area contributed by atoms with Crippen LogP contribution in [0.5, 0.6) is 0 Å². The van der Waals surface area contributed by atoms with Gasteiger partial charge in [-0.25, -0.2) is 4.98 Å². The van der Waals surface area contributed by atoms with Crippen molar-refractivity contribution in [3.63, 3.8) is 0 Å². The smallest absolute Gasteiger partial charge is 0.128 e. The van der Waals surface area contributed by atoms with Crippen LogP contribution in [-0.4, -0.2) is 23.2 Å². The highest BCUT2D eigenvalue weighted by Gasteiger charge is 2.22. The van der Waals surface area contributed by atoms with Gasteiger partial charge in [0.25, 0.3) is 0 Å². The topological polar surface area (TPSA) is 36.4 Å². The van der Waals surface area contributed by atoms with Gasteiger partial charge >= 0.3 is 0 Å². The number of hydrogen-bond donors (Lipinski definition) is 1. The molecular weight excluding hydrogens is 176 g/mol. The fraction of sp³-hybridized carbons (Fsp3) is 0.545. The number of aliphatic hydroxyl groups excluding tert-OH is 1. The highest BCUT2D eigenvalue weighted by Crippen LogP contribution is 2.26. The fourth-order valence-corrected chi connectivity index (χ4v) is 1.71. The SMILES string of the molecule is CN(c1cccc(CO)n1)C1CCC1. The molecule has 0 atom stereocenters. The molecule has 1 aliphatic rings. The van der Waals surface area contributed by atoms with E-state index in [1.54, 1.807) is 0 Å². The van der Waals surface area contributed by atoms with Gasteiger partial charge in [-0.05, 0) is 31.4 Å². The molecule has 0 bridgehead atoms. The molecule has 2 rings (SSSR count). The zero-order valence-corrected chi connectivity index (χ0v) is 8.48. The van der Waals surface area contributed by atoms with E-state index in [2.05, 4.69) is 16.9 Å². The van der Waals surface area contributed by atoms with Crippen molar-refractivity contribution in [3.05, 3.63) is 23.9 Å². The lowest BCUT2D eigenvalue weighted by Gasteiger charge is -2.35. The van der Waals surface area contributed by atoms with Crippen molar-refractivity contribution in [3.8, 4) is 0 Å². The summed E-state index contributed by atoms with van der Waals surface area (Å²) in [7, 11) is 2.08. The van der Waals surface area contributed by atoms with Crippen molar-refractivity contribution in [1.82, 2.24) is 4.98 Å². The second-order valence-electron chi connectivity index (χ2n) is 3.84. The highest BCUT2D eigenvalue weighted by atomic mass is 16.3. The quantitative estimate of drug-likeness (QED) is 0.789. The Morgan fingerprint density at radius 3 is 2.86 bits per heavy atom. The van der Waals surface area contributed by atoms with Crippen LogP contribution in [0.2, 0.25) is 0 Å². The van der Waals surface area contributed by atoms with Crippen LogP contribution < -0.4 is 4.90 Å². The summed E-state index contributed by atoms with van der Waals surface area (Å²) in [5, 5.41) is 8.97. The molecule has 76 valence electrons. The van der Waals surface area contributed by atoms with Crippen LogP contribution in [0.15, 0.2) is 18.2 Å². The predicted octanol–water partition coefficient (Wildman–Crippen LogP) is 1.56. The van der Waals surface area contributed by atoms with Gasteiger partial charge in [0.05, 0.1) is 12.3 Å². The van der Waals surface area contributed by atoms with E-state index >= 15 is 0 Å². The van der Waals surface area contributed by atoms with Gasteiger partial charge in [-0.1, -0.05) is 6.07 Å². The number of aromatic nitrogens is 1. The monoisotopic (exact) mass is 192 g/mol. The van der Waals surface area contributed by atoms with Gasteiger partial charge in [-0.2, -0.15) is 0 Å². The number of rotatable bonds is 3. The number of hydrogen-bond acceptors (Lipinski definition) is 3. The summed E-state index contributed by atoms with van der Waals surface area (Å²) >= 11 is 0. The molecule has 1 aromatic rings. The Hall–Kier alpha value is -1.09. The first-order valence-corrected chi connectivity index (χ1v) is 5.11. The first-order valence-electron chi connectivity index (χ1n) is 5.11. The Bertz CT molecular complexity index is 310. The normalized spacial score (nSPS) is 16.4. The molecule has 0 aromatic carbocycles. The highest BCUT2D eigenvalue weighted by molar-refractivity contribution is 5.40. The third-order valence-electron chi connectivity index (χ3n) is 2.94. The molecule has 3 nitrogen and oxygen atoms in total. The van der Waals surface area contributed by atoms with Crippen molar-refractivity contribution in [1.29, 1.82) is 0 Å². The molecule has 0 spiro atoms. The summed E-state index contributed by atoms with van der Waals surface area (Å²) in [6.07, 6.45) is 3.86. The number of aliphatic hydroxyl groups is 1. The third kappa shape index (κ3) is 1.73. The van der Waals surface area contributed by atoms with Gasteiger partial charge in [0.1, 0.15) is 5.82 Å². The predicted molar refractivity (Wildman–Crippen MR) is 56.2 cm³/mol. The second-order valence-corrected chi connectivity index (χ2v) is 3.84. The van der Waals surface area contributed by atoms with E-state index in [0.29, 0.717) is 6.04 Å². The molecule has 14 heavy (non-hydrogen) atoms. The van der Waals surface area contributed by atoms with E-state index in [1.807, 2.05) is 18.2 Å². The van der Waals surface area contributed by atoms with Crippen molar-refractivity contribution in [2.45, 2.75) is 31.9 Å². The molecule has 3 heteroatoms. The van der Waals surface area contributed by atoms with Gasteiger partial charge in [0, 0.05) is 13.1 Å². The maximum atomic E-state index is 8.97. The molecule has 1 N–H and O–H groups in total. The van der Waals surface area contributed by atoms with E-state index in [4.69, 9.17) is 5.11 Å². The third-order valence-corrected chi connectivity index (χ3v) is 2.94. The lowest BCUT2D eigenvalue weighted by atomic mass is 9.92. The van der Waals surface area contributed by atoms with Crippen molar-refractivity contribution in [2.24, 2.45) is 0 Å². The Labute approximate surface area is 84.4 Å². The summed E-state index contributed by atoms with van der Waals surface area (Å²) in [5.41, 5.74) is 0.744. The molecule has 1 saturated carbocycles. The Kier molecular flexibility index (Phi) is 2.68. The van der Waals surface area contributed by atoms with Crippen LogP contribution in [0.4, 0.5) is 5.82 Å². The zero-order valence-electron chi connectivity index (χ0n) is 8.48. The average Bonchev–Trinajstić information content (AvgIpc) is 2.15. The summed E-state index contributed by atoms with van der Waals surface area (Å²) in [6, 6.07) is 6.44. The van der Waals surface area contributed by atoms with E-state index in [0.717, 1.165) is 11.5 Å². The second kappa shape index (κ2) is 3.96. The number of anilines is 1. The van der Waals surface area contributed by atoms with Crippen LogP contribution in [-0.2, 0) is 6.61 Å². The molecule has 0 radical (unpaired) electrons. The molecule has 0 amide bonds. The summed E-state index contributed by atoms with van der Waals surface area (Å²) < 4.78 is 0. The molecule has 1 fully saturated rings. The molecule has 0 unspecified atom stereocenters. The first-order chi connectivity index (χ1) is 6.81. The molecule has 0 saturated heterocycles. The molecule has 1 aromatic heterocycles. The van der Waals surface area contributed by atoms with E-state index in [-0.39, 0.29) is 6.61 Å². The lowest BCUT2D eigenvalue weighted by Crippen LogP contribution is -2.37. The van der Waals surface area contributed by atoms with Crippen LogP contribution in [0.25, 0.3) is 0 Å². The van der Waals surface area contributed by atoms with Crippen LogP contribution >= 0.6 is 0 Å². The lowest BCUT2D eigenvalue weighted by molar-refractivity contribution is 0.276. The van der Waals surface area contributed by atoms with E-state index in [1.165, 1.54) is 19.3 Å². The number of nitrogens with zero attached hydrogens (tertiary/aromatic N) is 2. The van der Waals surface area contributed by atoms with Crippen LogP contribution in [0.3, 0.4) is 0 Å². The minimum absolute atomic E-state index is 0.0202. The molecule has 1 aliphatic carbocycles. The largest absolute Gasteiger partial charge is 0.390 e. The van der Waals surface area contributed by atoms with Gasteiger partial charge in [0.2, 0.25) is 0 Å². The van der Waals surface area contributed by atoms with Gasteiger partial charge < -0.3 is 10.0 Å². The van der Waals surface area contributed by atoms with Crippen LogP contribution in [0, 0.1) is 0 Å².